The van der Waals surface area contributed by atoms with Gasteiger partial charge in [-0.25, -0.2) is 17.7 Å². The zero-order chi connectivity index (χ0) is 18.3. The summed E-state index contributed by atoms with van der Waals surface area (Å²) in [4.78, 5) is 4.64. The number of nitrogens with one attached hydrogen (secondary N) is 1. The van der Waals surface area contributed by atoms with Crippen molar-refractivity contribution in [2.75, 3.05) is 18.8 Å². The third-order valence-electron chi connectivity index (χ3n) is 3.35. The van der Waals surface area contributed by atoms with E-state index in [1.54, 1.807) is 26.8 Å². The van der Waals surface area contributed by atoms with Gasteiger partial charge in [-0.3, -0.25) is 4.72 Å². The molecule has 0 saturated heterocycles. The van der Waals surface area contributed by atoms with E-state index >= 15 is 0 Å². The van der Waals surface area contributed by atoms with Crippen LogP contribution in [0.1, 0.15) is 15.4 Å². The summed E-state index contributed by atoms with van der Waals surface area (Å²) in [6.45, 7) is 5.11. The minimum absolute atomic E-state index is 0.0157. The molecule has 0 bridgehead atoms. The molecule has 0 amide bonds. The maximum absolute atomic E-state index is 12.6. The van der Waals surface area contributed by atoms with Gasteiger partial charge in [0.25, 0.3) is 10.0 Å². The van der Waals surface area contributed by atoms with Crippen LogP contribution in [0.3, 0.4) is 0 Å². The molecule has 2 aromatic rings. The fraction of sp³-hybridized carbons (Fsp3) is 0.357. The number of rotatable bonds is 5. The highest BCUT2D eigenvalue weighted by atomic mass is 32.2. The Morgan fingerprint density at radius 2 is 1.71 bits per heavy atom. The Hall–Kier alpha value is -1.49. The molecule has 0 radical (unpaired) electrons. The van der Waals surface area contributed by atoms with Gasteiger partial charge in [0.1, 0.15) is 0 Å². The predicted molar refractivity (Wildman–Crippen MR) is 94.4 cm³/mol. The van der Waals surface area contributed by atoms with E-state index in [0.29, 0.717) is 15.4 Å². The van der Waals surface area contributed by atoms with E-state index in [1.807, 2.05) is 0 Å². The lowest BCUT2D eigenvalue weighted by Crippen LogP contribution is -2.22. The second kappa shape index (κ2) is 6.43. The van der Waals surface area contributed by atoms with Crippen molar-refractivity contribution in [1.29, 1.82) is 0 Å². The minimum atomic E-state index is -3.89. The fourth-order valence-corrected chi connectivity index (χ4v) is 5.43. The number of hydrogen-bond acceptors (Lipinski definition) is 6. The van der Waals surface area contributed by atoms with Crippen LogP contribution in [0.5, 0.6) is 0 Å². The lowest BCUT2D eigenvalue weighted by Gasteiger charge is -2.14. The molecule has 0 atom stereocenters. The zero-order valence-electron chi connectivity index (χ0n) is 14.0. The lowest BCUT2D eigenvalue weighted by molar-refractivity contribution is 0.520. The molecule has 132 valence electrons. The molecule has 0 saturated carbocycles. The molecule has 0 unspecified atom stereocenters. The van der Waals surface area contributed by atoms with Gasteiger partial charge in [0.05, 0.1) is 15.6 Å². The first-order valence-electron chi connectivity index (χ1n) is 6.95. The first-order chi connectivity index (χ1) is 10.9. The molecular formula is C14H19N3O4S3. The van der Waals surface area contributed by atoms with Crippen LogP contribution in [-0.4, -0.2) is 40.2 Å². The Morgan fingerprint density at radius 3 is 2.21 bits per heavy atom. The molecule has 0 aliphatic heterocycles. The van der Waals surface area contributed by atoms with Crippen molar-refractivity contribution < 1.29 is 16.8 Å². The summed E-state index contributed by atoms with van der Waals surface area (Å²) in [6, 6.07) is 4.32. The Balaban J connectivity index is 2.49. The van der Waals surface area contributed by atoms with Gasteiger partial charge in [-0.05, 0) is 38.5 Å². The smallest absolute Gasteiger partial charge is 0.278 e. The summed E-state index contributed by atoms with van der Waals surface area (Å²) in [5.41, 5.74) is 0.823. The molecular weight excluding hydrogens is 370 g/mol. The van der Waals surface area contributed by atoms with Crippen molar-refractivity contribution in [3.05, 3.63) is 33.6 Å². The average molecular weight is 390 g/mol. The summed E-state index contributed by atoms with van der Waals surface area (Å²) in [6.07, 6.45) is 0. The molecule has 7 nitrogen and oxygen atoms in total. The molecule has 2 rings (SSSR count). The third kappa shape index (κ3) is 3.61. The topological polar surface area (TPSA) is 96.4 Å². The standard InChI is InChI=1S/C14H19N3O4S3/c1-9-6-7-12(24(20,21)17(4)5)8-13(9)16-23(18,19)14-10(2)22-11(3)15-14/h6-8,16H,1-5H3. The number of anilines is 1. The van der Waals surface area contributed by atoms with Crippen LogP contribution in [-0.2, 0) is 20.0 Å². The Morgan fingerprint density at radius 1 is 1.08 bits per heavy atom. The predicted octanol–water partition coefficient (Wildman–Crippen LogP) is 2.12. The third-order valence-corrected chi connectivity index (χ3v) is 7.57. The van der Waals surface area contributed by atoms with Crippen LogP contribution >= 0.6 is 11.3 Å². The van der Waals surface area contributed by atoms with Crippen molar-refractivity contribution >= 4 is 37.1 Å². The summed E-state index contributed by atoms with van der Waals surface area (Å²) in [7, 11) is -4.71. The first-order valence-corrected chi connectivity index (χ1v) is 10.7. The van der Waals surface area contributed by atoms with Gasteiger partial charge in [0.2, 0.25) is 10.0 Å². The van der Waals surface area contributed by atoms with Gasteiger partial charge < -0.3 is 0 Å². The summed E-state index contributed by atoms with van der Waals surface area (Å²) >= 11 is 1.29. The largest absolute Gasteiger partial charge is 0.280 e. The van der Waals surface area contributed by atoms with Crippen LogP contribution in [0.4, 0.5) is 5.69 Å². The number of aryl methyl sites for hydroxylation is 3. The molecule has 0 aliphatic rings. The molecule has 1 N–H and O–H groups in total. The Kier molecular flexibility index (Phi) is 5.05. The molecule has 24 heavy (non-hydrogen) atoms. The Bertz CT molecular complexity index is 977. The SMILES string of the molecule is Cc1nc(S(=O)(=O)Nc2cc(S(=O)(=O)N(C)C)ccc2C)c(C)s1. The van der Waals surface area contributed by atoms with Gasteiger partial charge in [-0.2, -0.15) is 8.42 Å². The number of hydrogen-bond donors (Lipinski definition) is 1. The van der Waals surface area contributed by atoms with Crippen molar-refractivity contribution in [2.24, 2.45) is 0 Å². The van der Waals surface area contributed by atoms with Gasteiger partial charge >= 0.3 is 0 Å². The summed E-state index contributed by atoms with van der Waals surface area (Å²) < 4.78 is 53.1. The van der Waals surface area contributed by atoms with E-state index in [0.717, 1.165) is 4.31 Å². The van der Waals surface area contributed by atoms with E-state index in [4.69, 9.17) is 0 Å². The van der Waals surface area contributed by atoms with Crippen molar-refractivity contribution in [2.45, 2.75) is 30.7 Å². The number of sulfonamides is 2. The van der Waals surface area contributed by atoms with Crippen molar-refractivity contribution in [3.8, 4) is 0 Å². The molecule has 0 spiro atoms. The molecule has 10 heteroatoms. The van der Waals surface area contributed by atoms with Gasteiger partial charge in [-0.15, -0.1) is 11.3 Å². The van der Waals surface area contributed by atoms with Crippen molar-refractivity contribution in [3.63, 3.8) is 0 Å². The van der Waals surface area contributed by atoms with Crippen LogP contribution in [0.15, 0.2) is 28.1 Å². The van der Waals surface area contributed by atoms with E-state index < -0.39 is 20.0 Å². The van der Waals surface area contributed by atoms with Gasteiger partial charge in [0, 0.05) is 19.0 Å². The van der Waals surface area contributed by atoms with E-state index in [9.17, 15) is 16.8 Å². The van der Waals surface area contributed by atoms with Crippen LogP contribution in [0.25, 0.3) is 0 Å². The minimum Gasteiger partial charge on any atom is -0.278 e. The zero-order valence-corrected chi connectivity index (χ0v) is 16.4. The Labute approximate surface area is 146 Å². The van der Waals surface area contributed by atoms with E-state index in [2.05, 4.69) is 9.71 Å². The normalized spacial score (nSPS) is 12.6. The number of benzene rings is 1. The highest BCUT2D eigenvalue weighted by molar-refractivity contribution is 7.92. The lowest BCUT2D eigenvalue weighted by atomic mass is 10.2. The molecule has 1 aromatic heterocycles. The van der Waals surface area contributed by atoms with Gasteiger partial charge in [-0.1, -0.05) is 6.07 Å². The van der Waals surface area contributed by atoms with Crippen LogP contribution in [0.2, 0.25) is 0 Å². The molecule has 1 heterocycles. The second-order valence-electron chi connectivity index (χ2n) is 5.46. The molecule has 0 aliphatic carbocycles. The second-order valence-corrected chi connectivity index (χ2v) is 10.6. The summed E-state index contributed by atoms with van der Waals surface area (Å²) in [5.74, 6) is 0. The molecule has 1 aromatic carbocycles. The van der Waals surface area contributed by atoms with Gasteiger partial charge in [0.15, 0.2) is 5.03 Å². The number of aromatic nitrogens is 1. The van der Waals surface area contributed by atoms with Crippen LogP contribution in [0, 0.1) is 20.8 Å². The monoisotopic (exact) mass is 389 g/mol. The number of nitrogens with zero attached hydrogens (tertiary/aromatic N) is 2. The average Bonchev–Trinajstić information content (AvgIpc) is 2.80. The summed E-state index contributed by atoms with van der Waals surface area (Å²) in [5, 5.41) is 0.610. The maximum atomic E-state index is 12.6. The maximum Gasteiger partial charge on any atom is 0.280 e. The number of thiazole rings is 1. The van der Waals surface area contributed by atoms with Crippen LogP contribution < -0.4 is 4.72 Å². The highest BCUT2D eigenvalue weighted by Crippen LogP contribution is 2.27. The molecule has 0 fully saturated rings. The fourth-order valence-electron chi connectivity index (χ4n) is 2.03. The van der Waals surface area contributed by atoms with Crippen molar-refractivity contribution in [1.82, 2.24) is 9.29 Å². The first kappa shape index (κ1) is 18.8. The quantitative estimate of drug-likeness (QED) is 0.845. The highest BCUT2D eigenvalue weighted by Gasteiger charge is 2.24. The van der Waals surface area contributed by atoms with E-state index in [-0.39, 0.29) is 15.6 Å². The van der Waals surface area contributed by atoms with E-state index in [1.165, 1.54) is 37.6 Å².